The predicted octanol–water partition coefficient (Wildman–Crippen LogP) is 2.40. The summed E-state index contributed by atoms with van der Waals surface area (Å²) in [4.78, 5) is 0. The van der Waals surface area contributed by atoms with Gasteiger partial charge in [-0.15, -0.1) is 0 Å². The molecule has 5 nitrogen and oxygen atoms in total. The number of aliphatic hydroxyl groups is 1. The van der Waals surface area contributed by atoms with Crippen molar-refractivity contribution in [1.29, 1.82) is 0 Å². The largest absolute Gasteiger partial charge is 0.439 e. The first kappa shape index (κ1) is 17.3. The van der Waals surface area contributed by atoms with Crippen molar-refractivity contribution >= 4 is 0 Å². The van der Waals surface area contributed by atoms with Gasteiger partial charge in [0.15, 0.2) is 5.69 Å². The highest BCUT2D eigenvalue weighted by molar-refractivity contribution is 5.38. The van der Waals surface area contributed by atoms with Gasteiger partial charge in [-0.2, -0.15) is 18.3 Å². The molecular formula is C15H18F3N3O2. The van der Waals surface area contributed by atoms with Crippen LogP contribution >= 0.6 is 0 Å². The van der Waals surface area contributed by atoms with Crippen molar-refractivity contribution in [2.24, 2.45) is 12.8 Å². The first-order valence-corrected chi connectivity index (χ1v) is 6.96. The first-order chi connectivity index (χ1) is 10.7. The van der Waals surface area contributed by atoms with Gasteiger partial charge in [-0.3, -0.25) is 0 Å². The summed E-state index contributed by atoms with van der Waals surface area (Å²) in [6.07, 6.45) is -4.82. The normalized spacial score (nSPS) is 13.2. The summed E-state index contributed by atoms with van der Waals surface area (Å²) in [6.45, 7) is 1.46. The standard InChI is InChI=1S/C15H18F3N3O2/c1-9-3-5-11(6-4-9)23-14-12(7-10(19)8-22)13(15(16,17)18)20-21(14)2/h3-6,10,22H,7-8,19H2,1-2H3. The van der Waals surface area contributed by atoms with Crippen LogP contribution in [0.4, 0.5) is 13.2 Å². The Kier molecular flexibility index (Phi) is 4.96. The monoisotopic (exact) mass is 329 g/mol. The summed E-state index contributed by atoms with van der Waals surface area (Å²) in [7, 11) is 1.37. The van der Waals surface area contributed by atoms with Crippen LogP contribution in [0.3, 0.4) is 0 Å². The van der Waals surface area contributed by atoms with E-state index in [0.29, 0.717) is 5.75 Å². The number of hydrogen-bond acceptors (Lipinski definition) is 4. The molecule has 3 N–H and O–H groups in total. The van der Waals surface area contributed by atoms with Gasteiger partial charge >= 0.3 is 6.18 Å². The molecule has 1 heterocycles. The maximum atomic E-state index is 13.2. The lowest BCUT2D eigenvalue weighted by Crippen LogP contribution is -2.28. The molecule has 1 aromatic heterocycles. The Hall–Kier alpha value is -2.06. The van der Waals surface area contributed by atoms with Crippen molar-refractivity contribution in [3.8, 4) is 11.6 Å². The minimum Gasteiger partial charge on any atom is -0.439 e. The van der Waals surface area contributed by atoms with Crippen molar-refractivity contribution in [3.63, 3.8) is 0 Å². The highest BCUT2D eigenvalue weighted by Gasteiger charge is 2.39. The van der Waals surface area contributed by atoms with Gasteiger partial charge in [0.2, 0.25) is 5.88 Å². The number of alkyl halides is 3. The maximum Gasteiger partial charge on any atom is 0.435 e. The molecule has 0 fully saturated rings. The number of nitrogens with two attached hydrogens (primary N) is 1. The van der Waals surface area contributed by atoms with Crippen molar-refractivity contribution < 1.29 is 23.0 Å². The van der Waals surface area contributed by atoms with Crippen LogP contribution in [0.1, 0.15) is 16.8 Å². The van der Waals surface area contributed by atoms with Crippen LogP contribution in [0.2, 0.25) is 0 Å². The predicted molar refractivity (Wildman–Crippen MR) is 78.2 cm³/mol. The lowest BCUT2D eigenvalue weighted by Gasteiger charge is -2.13. The van der Waals surface area contributed by atoms with Gasteiger partial charge in [0.1, 0.15) is 5.75 Å². The minimum absolute atomic E-state index is 0.0370. The zero-order valence-electron chi connectivity index (χ0n) is 12.8. The van der Waals surface area contributed by atoms with E-state index < -0.39 is 24.5 Å². The zero-order chi connectivity index (χ0) is 17.2. The molecule has 0 saturated carbocycles. The van der Waals surface area contributed by atoms with Crippen LogP contribution in [-0.4, -0.2) is 27.5 Å². The van der Waals surface area contributed by atoms with Gasteiger partial charge in [0, 0.05) is 18.7 Å². The number of halogens is 3. The summed E-state index contributed by atoms with van der Waals surface area (Å²) < 4.78 is 46.1. The van der Waals surface area contributed by atoms with Crippen LogP contribution in [0, 0.1) is 6.92 Å². The van der Waals surface area contributed by atoms with Crippen molar-refractivity contribution in [2.75, 3.05) is 6.61 Å². The first-order valence-electron chi connectivity index (χ1n) is 6.96. The summed E-state index contributed by atoms with van der Waals surface area (Å²) in [5, 5.41) is 12.5. The number of nitrogens with zero attached hydrogens (tertiary/aromatic N) is 2. The maximum absolute atomic E-state index is 13.2. The Morgan fingerprint density at radius 3 is 2.43 bits per heavy atom. The number of benzene rings is 1. The van der Waals surface area contributed by atoms with E-state index in [2.05, 4.69) is 5.10 Å². The Morgan fingerprint density at radius 1 is 1.30 bits per heavy atom. The van der Waals surface area contributed by atoms with E-state index in [1.807, 2.05) is 6.92 Å². The van der Waals surface area contributed by atoms with Crippen LogP contribution in [0.15, 0.2) is 24.3 Å². The third-order valence-electron chi connectivity index (χ3n) is 3.29. The number of ether oxygens (including phenoxy) is 1. The zero-order valence-corrected chi connectivity index (χ0v) is 12.8. The minimum atomic E-state index is -4.63. The average molecular weight is 329 g/mol. The SMILES string of the molecule is Cc1ccc(Oc2c(CC(N)CO)c(C(F)(F)F)nn2C)cc1. The molecule has 0 spiro atoms. The van der Waals surface area contributed by atoms with Crippen molar-refractivity contribution in [1.82, 2.24) is 9.78 Å². The lowest BCUT2D eigenvalue weighted by molar-refractivity contribution is -0.142. The number of aryl methyl sites for hydroxylation is 2. The Morgan fingerprint density at radius 2 is 1.91 bits per heavy atom. The second-order valence-corrected chi connectivity index (χ2v) is 5.32. The van der Waals surface area contributed by atoms with Crippen LogP contribution in [0.5, 0.6) is 11.6 Å². The average Bonchev–Trinajstić information content (AvgIpc) is 2.78. The molecule has 126 valence electrons. The van der Waals surface area contributed by atoms with Gasteiger partial charge in [-0.05, 0) is 25.5 Å². The topological polar surface area (TPSA) is 73.3 Å². The van der Waals surface area contributed by atoms with E-state index in [9.17, 15) is 13.2 Å². The van der Waals surface area contributed by atoms with Gasteiger partial charge in [-0.25, -0.2) is 4.68 Å². The molecule has 0 aliphatic rings. The van der Waals surface area contributed by atoms with Crippen LogP contribution in [0.25, 0.3) is 0 Å². The highest BCUT2D eigenvalue weighted by Crippen LogP contribution is 2.37. The summed E-state index contributed by atoms with van der Waals surface area (Å²) in [5.74, 6) is 0.358. The number of hydrogen-bond donors (Lipinski definition) is 2. The Balaban J connectivity index is 2.44. The summed E-state index contributed by atoms with van der Waals surface area (Å²) >= 11 is 0. The van der Waals surface area contributed by atoms with E-state index in [-0.39, 0.29) is 17.9 Å². The van der Waals surface area contributed by atoms with E-state index in [1.165, 1.54) is 7.05 Å². The second kappa shape index (κ2) is 6.59. The van der Waals surface area contributed by atoms with Crippen LogP contribution in [-0.2, 0) is 19.6 Å². The Labute approximate surface area is 131 Å². The van der Waals surface area contributed by atoms with Gasteiger partial charge < -0.3 is 15.6 Å². The molecule has 0 bridgehead atoms. The molecule has 0 saturated heterocycles. The fourth-order valence-electron chi connectivity index (χ4n) is 2.14. The number of rotatable bonds is 5. The molecule has 1 aromatic carbocycles. The Bertz CT molecular complexity index is 666. The molecule has 8 heteroatoms. The molecule has 23 heavy (non-hydrogen) atoms. The lowest BCUT2D eigenvalue weighted by atomic mass is 10.1. The molecule has 0 aliphatic heterocycles. The molecule has 0 radical (unpaired) electrons. The van der Waals surface area contributed by atoms with Crippen molar-refractivity contribution in [3.05, 3.63) is 41.1 Å². The second-order valence-electron chi connectivity index (χ2n) is 5.32. The molecule has 1 atom stereocenters. The fourth-order valence-corrected chi connectivity index (χ4v) is 2.14. The fraction of sp³-hybridized carbons (Fsp3) is 0.400. The van der Waals surface area contributed by atoms with Gasteiger partial charge in [0.05, 0.1) is 6.61 Å². The third-order valence-corrected chi connectivity index (χ3v) is 3.29. The number of aliphatic hydroxyl groups excluding tert-OH is 1. The summed E-state index contributed by atoms with van der Waals surface area (Å²) in [5.41, 5.74) is 5.38. The molecule has 0 aliphatic carbocycles. The third kappa shape index (κ3) is 4.02. The molecule has 0 amide bonds. The van der Waals surface area contributed by atoms with E-state index in [0.717, 1.165) is 10.2 Å². The quantitative estimate of drug-likeness (QED) is 0.883. The highest BCUT2D eigenvalue weighted by atomic mass is 19.4. The van der Waals surface area contributed by atoms with Crippen LogP contribution < -0.4 is 10.5 Å². The van der Waals surface area contributed by atoms with E-state index >= 15 is 0 Å². The molecular weight excluding hydrogens is 311 g/mol. The molecule has 1 unspecified atom stereocenters. The van der Waals surface area contributed by atoms with E-state index in [4.69, 9.17) is 15.6 Å². The van der Waals surface area contributed by atoms with Crippen molar-refractivity contribution in [2.45, 2.75) is 25.6 Å². The summed E-state index contributed by atoms with van der Waals surface area (Å²) in [6, 6.07) is 6.06. The number of aromatic nitrogens is 2. The van der Waals surface area contributed by atoms with E-state index in [1.54, 1.807) is 24.3 Å². The van der Waals surface area contributed by atoms with Gasteiger partial charge in [-0.1, -0.05) is 17.7 Å². The molecule has 2 aromatic rings. The smallest absolute Gasteiger partial charge is 0.435 e. The van der Waals surface area contributed by atoms with Gasteiger partial charge in [0.25, 0.3) is 0 Å². The molecule has 2 rings (SSSR count).